The molecule has 1 aromatic heterocycles. The van der Waals surface area contributed by atoms with Crippen molar-refractivity contribution >= 4 is 42.4 Å². The van der Waals surface area contributed by atoms with E-state index in [2.05, 4.69) is 4.90 Å². The van der Waals surface area contributed by atoms with Crippen molar-refractivity contribution in [2.24, 2.45) is 0 Å². The third-order valence-corrected chi connectivity index (χ3v) is 9.31. The van der Waals surface area contributed by atoms with Crippen molar-refractivity contribution in [2.75, 3.05) is 57.2 Å². The first-order valence-corrected chi connectivity index (χ1v) is 14.6. The van der Waals surface area contributed by atoms with Crippen LogP contribution in [0.15, 0.2) is 41.3 Å². The Hall–Kier alpha value is -2.53. The molecular weight excluding hydrogens is 498 g/mol. The Morgan fingerprint density at radius 2 is 1.86 bits per heavy atom. The van der Waals surface area contributed by atoms with E-state index in [0.29, 0.717) is 17.4 Å². The molecule has 1 aliphatic rings. The van der Waals surface area contributed by atoms with Gasteiger partial charge in [-0.1, -0.05) is 35.1 Å². The third kappa shape index (κ3) is 6.23. The number of aryl methyl sites for hydroxylation is 2. The van der Waals surface area contributed by atoms with Crippen molar-refractivity contribution in [2.45, 2.75) is 31.6 Å². The van der Waals surface area contributed by atoms with Gasteiger partial charge in [0.25, 0.3) is 0 Å². The standard InChI is InChI=1S/C26H33N3O5S2/c1-19-5-8-21(9-6-19)36(31,32)18-11-23(30)29(13-4-12-28-14-16-34-17-15-28)26-27-24-22(33-3)10-7-20(2)25(24)35-26/h5-10H,4,11-18H2,1-3H3. The number of nitrogens with zero attached hydrogens (tertiary/aromatic N) is 3. The number of aromatic nitrogens is 1. The lowest BCUT2D eigenvalue weighted by atomic mass is 10.2. The molecule has 8 nitrogen and oxygen atoms in total. The molecule has 194 valence electrons. The molecule has 4 rings (SSSR count). The Morgan fingerprint density at radius 1 is 1.14 bits per heavy atom. The molecule has 0 saturated carbocycles. The fraction of sp³-hybridized carbons (Fsp3) is 0.462. The average Bonchev–Trinajstić information content (AvgIpc) is 3.32. The lowest BCUT2D eigenvalue weighted by Crippen LogP contribution is -2.39. The number of fused-ring (bicyclic) bond motifs is 1. The van der Waals surface area contributed by atoms with Crippen molar-refractivity contribution in [1.29, 1.82) is 0 Å². The van der Waals surface area contributed by atoms with Gasteiger partial charge in [0.15, 0.2) is 15.0 Å². The molecule has 1 fully saturated rings. The Labute approximate surface area is 216 Å². The van der Waals surface area contributed by atoms with Gasteiger partial charge in [0.2, 0.25) is 5.91 Å². The number of ether oxygens (including phenoxy) is 2. The summed E-state index contributed by atoms with van der Waals surface area (Å²) in [7, 11) is -1.97. The lowest BCUT2D eigenvalue weighted by Gasteiger charge is -2.27. The predicted octanol–water partition coefficient (Wildman–Crippen LogP) is 3.84. The van der Waals surface area contributed by atoms with Gasteiger partial charge in [-0.3, -0.25) is 14.6 Å². The van der Waals surface area contributed by atoms with Crippen LogP contribution in [-0.4, -0.2) is 76.5 Å². The van der Waals surface area contributed by atoms with E-state index in [0.717, 1.165) is 60.6 Å². The van der Waals surface area contributed by atoms with Gasteiger partial charge in [0, 0.05) is 32.6 Å². The maximum Gasteiger partial charge on any atom is 0.229 e. The number of carbonyl (C=O) groups is 1. The SMILES string of the molecule is COc1ccc(C)c2sc(N(CCCN3CCOCC3)C(=O)CCS(=O)(=O)c3ccc(C)cc3)nc12. The van der Waals surface area contributed by atoms with Gasteiger partial charge in [-0.05, 0) is 44.0 Å². The Morgan fingerprint density at radius 3 is 2.56 bits per heavy atom. The second-order valence-electron chi connectivity index (χ2n) is 8.99. The summed E-state index contributed by atoms with van der Waals surface area (Å²) < 4.78 is 37.6. The Balaban J connectivity index is 1.54. The summed E-state index contributed by atoms with van der Waals surface area (Å²) >= 11 is 1.44. The minimum Gasteiger partial charge on any atom is -0.494 e. The van der Waals surface area contributed by atoms with Crippen LogP contribution in [-0.2, 0) is 19.4 Å². The van der Waals surface area contributed by atoms with Crippen LogP contribution in [0.25, 0.3) is 10.2 Å². The fourth-order valence-corrected chi connectivity index (χ4v) is 6.53. The van der Waals surface area contributed by atoms with Crippen molar-refractivity contribution in [3.8, 4) is 5.75 Å². The van der Waals surface area contributed by atoms with Crippen molar-refractivity contribution in [3.05, 3.63) is 47.5 Å². The van der Waals surface area contributed by atoms with E-state index in [1.165, 1.54) is 11.3 Å². The van der Waals surface area contributed by atoms with Crippen LogP contribution < -0.4 is 9.64 Å². The molecule has 0 N–H and O–H groups in total. The third-order valence-electron chi connectivity index (χ3n) is 6.37. The van der Waals surface area contributed by atoms with E-state index < -0.39 is 9.84 Å². The monoisotopic (exact) mass is 531 g/mol. The van der Waals surface area contributed by atoms with Crippen LogP contribution in [0.2, 0.25) is 0 Å². The van der Waals surface area contributed by atoms with E-state index in [1.54, 1.807) is 36.3 Å². The highest BCUT2D eigenvalue weighted by atomic mass is 32.2. The Kier molecular flexibility index (Phi) is 8.61. The molecule has 2 aromatic carbocycles. The van der Waals surface area contributed by atoms with Crippen LogP contribution in [0.5, 0.6) is 5.75 Å². The number of hydrogen-bond donors (Lipinski definition) is 0. The average molecular weight is 532 g/mol. The molecular formula is C26H33N3O5S2. The molecule has 0 radical (unpaired) electrons. The number of morpholine rings is 1. The first-order chi connectivity index (χ1) is 17.3. The molecule has 10 heteroatoms. The number of methoxy groups -OCH3 is 1. The molecule has 1 amide bonds. The van der Waals surface area contributed by atoms with Gasteiger partial charge in [0.05, 0.1) is 35.7 Å². The maximum atomic E-state index is 13.4. The summed E-state index contributed by atoms with van der Waals surface area (Å²) in [6, 6.07) is 10.6. The second kappa shape index (κ2) is 11.7. The molecule has 3 aromatic rings. The van der Waals surface area contributed by atoms with Gasteiger partial charge in [-0.2, -0.15) is 0 Å². The van der Waals surface area contributed by atoms with E-state index in [9.17, 15) is 13.2 Å². The summed E-state index contributed by atoms with van der Waals surface area (Å²) in [4.78, 5) is 22.4. The summed E-state index contributed by atoms with van der Waals surface area (Å²) in [5.41, 5.74) is 2.76. The first-order valence-electron chi connectivity index (χ1n) is 12.1. The van der Waals surface area contributed by atoms with Gasteiger partial charge in [-0.15, -0.1) is 0 Å². The van der Waals surface area contributed by atoms with Crippen molar-refractivity contribution in [1.82, 2.24) is 9.88 Å². The maximum absolute atomic E-state index is 13.4. The largest absolute Gasteiger partial charge is 0.494 e. The number of benzene rings is 2. The summed E-state index contributed by atoms with van der Waals surface area (Å²) in [5, 5.41) is 0.567. The zero-order valence-corrected chi connectivity index (χ0v) is 22.7. The summed E-state index contributed by atoms with van der Waals surface area (Å²) in [6.07, 6.45) is 0.641. The molecule has 0 bridgehead atoms. The van der Waals surface area contributed by atoms with E-state index in [4.69, 9.17) is 14.5 Å². The van der Waals surface area contributed by atoms with Crippen molar-refractivity contribution in [3.63, 3.8) is 0 Å². The minimum atomic E-state index is -3.57. The van der Waals surface area contributed by atoms with Crippen LogP contribution >= 0.6 is 11.3 Å². The number of thiazole rings is 1. The molecule has 1 saturated heterocycles. The van der Waals surface area contributed by atoms with Gasteiger partial charge in [-0.25, -0.2) is 13.4 Å². The number of sulfone groups is 1. The number of rotatable bonds is 10. The Bertz CT molecular complexity index is 1300. The normalized spacial score (nSPS) is 14.8. The van der Waals surface area contributed by atoms with Crippen LogP contribution in [0, 0.1) is 13.8 Å². The second-order valence-corrected chi connectivity index (χ2v) is 12.1. The van der Waals surface area contributed by atoms with E-state index >= 15 is 0 Å². The van der Waals surface area contributed by atoms with Gasteiger partial charge < -0.3 is 9.47 Å². The van der Waals surface area contributed by atoms with Crippen molar-refractivity contribution < 1.29 is 22.7 Å². The zero-order valence-electron chi connectivity index (χ0n) is 21.0. The number of amides is 1. The molecule has 0 spiro atoms. The van der Waals surface area contributed by atoms with Gasteiger partial charge >= 0.3 is 0 Å². The number of anilines is 1. The molecule has 0 aliphatic carbocycles. The van der Waals surface area contributed by atoms with E-state index in [1.807, 2.05) is 26.0 Å². The molecule has 0 unspecified atom stereocenters. The smallest absolute Gasteiger partial charge is 0.229 e. The lowest BCUT2D eigenvalue weighted by molar-refractivity contribution is -0.118. The quantitative estimate of drug-likeness (QED) is 0.393. The van der Waals surface area contributed by atoms with Crippen LogP contribution in [0.1, 0.15) is 24.0 Å². The fourth-order valence-electron chi connectivity index (χ4n) is 4.20. The highest BCUT2D eigenvalue weighted by molar-refractivity contribution is 7.91. The minimum absolute atomic E-state index is 0.111. The molecule has 0 atom stereocenters. The van der Waals surface area contributed by atoms with E-state index in [-0.39, 0.29) is 23.0 Å². The van der Waals surface area contributed by atoms with Crippen LogP contribution in [0.3, 0.4) is 0 Å². The zero-order chi connectivity index (χ0) is 25.7. The molecule has 36 heavy (non-hydrogen) atoms. The van der Waals surface area contributed by atoms with Gasteiger partial charge in [0.1, 0.15) is 11.3 Å². The number of carbonyl (C=O) groups excluding carboxylic acids is 1. The highest BCUT2D eigenvalue weighted by Gasteiger charge is 2.24. The molecule has 2 heterocycles. The molecule has 1 aliphatic heterocycles. The summed E-state index contributed by atoms with van der Waals surface area (Å²) in [6.45, 7) is 8.39. The number of hydrogen-bond acceptors (Lipinski definition) is 8. The highest BCUT2D eigenvalue weighted by Crippen LogP contribution is 2.36. The first kappa shape index (κ1) is 26.5. The topological polar surface area (TPSA) is 89.0 Å². The summed E-state index contributed by atoms with van der Waals surface area (Å²) in [5.74, 6) is 0.159. The van der Waals surface area contributed by atoms with Crippen LogP contribution in [0.4, 0.5) is 5.13 Å². The predicted molar refractivity (Wildman–Crippen MR) is 143 cm³/mol.